The molecule has 0 atom stereocenters. The Hall–Kier alpha value is -2.72. The van der Waals surface area contributed by atoms with Gasteiger partial charge in [-0.25, -0.2) is 0 Å². The van der Waals surface area contributed by atoms with Crippen LogP contribution in [0.15, 0.2) is 57.0 Å². The molecule has 0 saturated heterocycles. The first-order valence-corrected chi connectivity index (χ1v) is 8.13. The van der Waals surface area contributed by atoms with Gasteiger partial charge in [0.15, 0.2) is 0 Å². The number of benzene rings is 2. The Bertz CT molecular complexity index is 954. The van der Waals surface area contributed by atoms with Gasteiger partial charge in [0.2, 0.25) is 11.6 Å². The average molecular weight is 400 g/mol. The second-order valence-electron chi connectivity index (χ2n) is 4.72. The number of hydrogen-bond donors (Lipinski definition) is 0. The predicted molar refractivity (Wildman–Crippen MR) is 88.6 cm³/mol. The van der Waals surface area contributed by atoms with Gasteiger partial charge in [-0.3, -0.25) is 10.1 Å². The van der Waals surface area contributed by atoms with Crippen molar-refractivity contribution in [3.05, 3.63) is 57.6 Å². The first-order chi connectivity index (χ1) is 12.4. The van der Waals surface area contributed by atoms with Crippen molar-refractivity contribution in [3.8, 4) is 17.2 Å². The lowest BCUT2D eigenvalue weighted by molar-refractivity contribution is -0.386. The highest BCUT2D eigenvalue weighted by molar-refractivity contribution is 7.99. The summed E-state index contributed by atoms with van der Waals surface area (Å²) in [6.07, 6.45) is 0. The fourth-order valence-electron chi connectivity index (χ4n) is 1.99. The number of hydrogen-bond acceptors (Lipinski definition) is 7. The Kier molecular flexibility index (Phi) is 5.33. The Balaban J connectivity index is 1.85. The van der Waals surface area contributed by atoms with Crippen LogP contribution >= 0.6 is 23.4 Å². The van der Waals surface area contributed by atoms with Crippen molar-refractivity contribution in [2.75, 3.05) is 0 Å². The summed E-state index contributed by atoms with van der Waals surface area (Å²) in [6, 6.07) is 10.4. The Morgan fingerprint density at radius 1 is 1.23 bits per heavy atom. The van der Waals surface area contributed by atoms with Gasteiger partial charge in [-0.15, -0.1) is 10.2 Å². The quantitative estimate of drug-likeness (QED) is 0.423. The molecule has 1 heterocycles. The second kappa shape index (κ2) is 7.67. The zero-order valence-corrected chi connectivity index (χ0v) is 14.2. The number of alkyl halides is 2. The molecule has 3 rings (SSSR count). The van der Waals surface area contributed by atoms with Crippen molar-refractivity contribution in [2.45, 2.75) is 16.7 Å². The van der Waals surface area contributed by atoms with Gasteiger partial charge in [-0.1, -0.05) is 23.7 Å². The minimum Gasteiger partial charge on any atom is -0.427 e. The van der Waals surface area contributed by atoms with Gasteiger partial charge in [0.05, 0.1) is 15.5 Å². The van der Waals surface area contributed by atoms with E-state index >= 15 is 0 Å². The lowest BCUT2D eigenvalue weighted by Crippen LogP contribution is -2.04. The summed E-state index contributed by atoms with van der Waals surface area (Å²) in [6.45, 7) is -3.19. The van der Waals surface area contributed by atoms with E-state index in [1.807, 2.05) is 0 Å². The molecule has 11 heteroatoms. The third kappa shape index (κ3) is 4.09. The molecule has 0 aliphatic carbocycles. The summed E-state index contributed by atoms with van der Waals surface area (Å²) >= 11 is 7.00. The van der Waals surface area contributed by atoms with Crippen molar-refractivity contribution in [1.29, 1.82) is 0 Å². The molecule has 134 valence electrons. The smallest absolute Gasteiger partial charge is 0.387 e. The molecule has 1 aromatic heterocycles. The number of nitro benzene ring substituents is 1. The van der Waals surface area contributed by atoms with Crippen molar-refractivity contribution < 1.29 is 22.9 Å². The van der Waals surface area contributed by atoms with Crippen LogP contribution in [0.5, 0.6) is 5.75 Å². The van der Waals surface area contributed by atoms with Crippen LogP contribution in [0.4, 0.5) is 14.5 Å². The van der Waals surface area contributed by atoms with Gasteiger partial charge in [-0.05, 0) is 30.0 Å². The summed E-state index contributed by atoms with van der Waals surface area (Å²) in [5.41, 5.74) is -0.0316. The first kappa shape index (κ1) is 18.1. The largest absolute Gasteiger partial charge is 0.427 e. The van der Waals surface area contributed by atoms with E-state index in [9.17, 15) is 18.9 Å². The molecular formula is C15H8ClF2N3O4S. The second-order valence-corrected chi connectivity index (χ2v) is 6.15. The maximum atomic E-state index is 12.4. The number of rotatable bonds is 6. The Morgan fingerprint density at radius 2 is 2.00 bits per heavy atom. The molecular weight excluding hydrogens is 392 g/mol. The van der Waals surface area contributed by atoms with Gasteiger partial charge in [0, 0.05) is 17.0 Å². The molecule has 0 spiro atoms. The molecule has 3 aromatic rings. The van der Waals surface area contributed by atoms with Crippen molar-refractivity contribution in [1.82, 2.24) is 10.2 Å². The maximum absolute atomic E-state index is 12.4. The van der Waals surface area contributed by atoms with E-state index < -0.39 is 23.0 Å². The van der Waals surface area contributed by atoms with Crippen LogP contribution in [-0.4, -0.2) is 21.7 Å². The number of halogens is 3. The fourth-order valence-corrected chi connectivity index (χ4v) is 2.92. The lowest BCUT2D eigenvalue weighted by atomic mass is 10.2. The molecule has 26 heavy (non-hydrogen) atoms. The fraction of sp³-hybridized carbons (Fsp3) is 0.0667. The molecule has 0 N–H and O–H groups in total. The maximum Gasteiger partial charge on any atom is 0.387 e. The first-order valence-electron chi connectivity index (χ1n) is 6.93. The predicted octanol–water partition coefficient (Wildman–Crippen LogP) is 5.05. The third-order valence-electron chi connectivity index (χ3n) is 3.06. The van der Waals surface area contributed by atoms with E-state index in [0.717, 1.165) is 23.9 Å². The Morgan fingerprint density at radius 3 is 2.69 bits per heavy atom. The van der Waals surface area contributed by atoms with Gasteiger partial charge in [0.1, 0.15) is 0 Å². The lowest BCUT2D eigenvalue weighted by Gasteiger charge is -2.06. The minimum atomic E-state index is -3.19. The van der Waals surface area contributed by atoms with Crippen LogP contribution < -0.4 is 4.74 Å². The van der Waals surface area contributed by atoms with Crippen LogP contribution in [0.3, 0.4) is 0 Å². The molecule has 0 aliphatic heterocycles. The number of nitro groups is 1. The zero-order chi connectivity index (χ0) is 18.7. The topological polar surface area (TPSA) is 91.3 Å². The van der Waals surface area contributed by atoms with E-state index in [1.54, 1.807) is 24.3 Å². The summed E-state index contributed by atoms with van der Waals surface area (Å²) in [5.74, 6) is -0.370. The standard InChI is InChI=1S/C15H8ClF2N3O4S/c16-10-4-2-1-3-9(10)13-19-20-15(25-13)26-8-5-6-11(21(22)23)12(7-8)24-14(17)18/h1-7,14H. The number of nitrogens with zero attached hydrogens (tertiary/aromatic N) is 3. The van der Waals surface area contributed by atoms with Crippen molar-refractivity contribution in [3.63, 3.8) is 0 Å². The Labute approximate surface area is 154 Å². The SMILES string of the molecule is O=[N+]([O-])c1ccc(Sc2nnc(-c3ccccc3Cl)o2)cc1OC(F)F. The molecule has 0 aliphatic rings. The molecule has 0 unspecified atom stereocenters. The summed E-state index contributed by atoms with van der Waals surface area (Å²) in [5, 5.41) is 19.1. The summed E-state index contributed by atoms with van der Waals surface area (Å²) < 4.78 is 34.6. The monoisotopic (exact) mass is 399 g/mol. The normalized spacial score (nSPS) is 10.9. The van der Waals surface area contributed by atoms with Gasteiger partial charge in [-0.2, -0.15) is 8.78 Å². The van der Waals surface area contributed by atoms with Crippen molar-refractivity contribution >= 4 is 29.1 Å². The molecule has 0 bridgehead atoms. The highest BCUT2D eigenvalue weighted by Crippen LogP contribution is 2.36. The van der Waals surface area contributed by atoms with Gasteiger partial charge in [0.25, 0.3) is 5.22 Å². The molecule has 0 fully saturated rings. The minimum absolute atomic E-state index is 0.108. The summed E-state index contributed by atoms with van der Waals surface area (Å²) in [7, 11) is 0. The highest BCUT2D eigenvalue weighted by atomic mass is 35.5. The molecule has 0 amide bonds. The van der Waals surface area contributed by atoms with E-state index in [4.69, 9.17) is 16.0 Å². The van der Waals surface area contributed by atoms with Crippen LogP contribution in [0.1, 0.15) is 0 Å². The van der Waals surface area contributed by atoms with Gasteiger partial charge < -0.3 is 9.15 Å². The van der Waals surface area contributed by atoms with Gasteiger partial charge >= 0.3 is 12.3 Å². The summed E-state index contributed by atoms with van der Waals surface area (Å²) in [4.78, 5) is 10.4. The molecule has 7 nitrogen and oxygen atoms in total. The molecule has 0 radical (unpaired) electrons. The van der Waals surface area contributed by atoms with E-state index in [-0.39, 0.29) is 11.1 Å². The van der Waals surface area contributed by atoms with Crippen LogP contribution in [0.25, 0.3) is 11.5 Å². The number of aromatic nitrogens is 2. The third-order valence-corrected chi connectivity index (χ3v) is 4.22. The van der Waals surface area contributed by atoms with Crippen LogP contribution in [0.2, 0.25) is 5.02 Å². The van der Waals surface area contributed by atoms with E-state index in [0.29, 0.717) is 15.5 Å². The van der Waals surface area contributed by atoms with Crippen LogP contribution in [0, 0.1) is 10.1 Å². The number of ether oxygens (including phenoxy) is 1. The van der Waals surface area contributed by atoms with Crippen molar-refractivity contribution in [2.24, 2.45) is 0 Å². The zero-order valence-electron chi connectivity index (χ0n) is 12.6. The molecule has 2 aromatic carbocycles. The highest BCUT2D eigenvalue weighted by Gasteiger charge is 2.20. The van der Waals surface area contributed by atoms with E-state index in [1.165, 1.54) is 6.07 Å². The average Bonchev–Trinajstić information content (AvgIpc) is 3.03. The molecule has 0 saturated carbocycles. The van der Waals surface area contributed by atoms with E-state index in [2.05, 4.69) is 14.9 Å². The van der Waals surface area contributed by atoms with Crippen LogP contribution in [-0.2, 0) is 0 Å².